The number of hydrogen-bond donors (Lipinski definition) is 0. The first-order chi connectivity index (χ1) is 12.4. The molecule has 0 heterocycles. The fourth-order valence-corrected chi connectivity index (χ4v) is 2.39. The molecule has 132 valence electrons. The van der Waals surface area contributed by atoms with Gasteiger partial charge in [-0.1, -0.05) is 40.2 Å². The Hall–Kier alpha value is -2.91. The van der Waals surface area contributed by atoms with Crippen LogP contribution in [0, 0.1) is 11.3 Å². The van der Waals surface area contributed by atoms with Gasteiger partial charge < -0.3 is 9.47 Å². The molecule has 6 heteroatoms. The van der Waals surface area contributed by atoms with Crippen molar-refractivity contribution in [2.24, 2.45) is 0 Å². The van der Waals surface area contributed by atoms with Gasteiger partial charge in [0.05, 0.1) is 7.11 Å². The lowest BCUT2D eigenvalue weighted by molar-refractivity contribution is -0.141. The van der Waals surface area contributed by atoms with Gasteiger partial charge in [-0.3, -0.25) is 4.79 Å². The van der Waals surface area contributed by atoms with Crippen LogP contribution in [0.1, 0.15) is 22.8 Å². The normalized spacial score (nSPS) is 12.0. The summed E-state index contributed by atoms with van der Waals surface area (Å²) in [5, 5.41) is 9.22. The minimum atomic E-state index is -1.00. The number of benzene rings is 2. The molecule has 1 atom stereocenters. The summed E-state index contributed by atoms with van der Waals surface area (Å²) in [5.41, 5.74) is 0.878. The van der Waals surface area contributed by atoms with Crippen LogP contribution in [0.15, 0.2) is 58.6 Å². The highest BCUT2D eigenvalue weighted by Gasteiger charge is 2.21. The largest absolute Gasteiger partial charge is 0.497 e. The summed E-state index contributed by atoms with van der Waals surface area (Å²) in [5.74, 6) is -0.522. The summed E-state index contributed by atoms with van der Waals surface area (Å²) in [6, 6.07) is 15.4. The molecule has 0 saturated carbocycles. The second kappa shape index (κ2) is 8.97. The van der Waals surface area contributed by atoms with Crippen LogP contribution < -0.4 is 4.74 Å². The number of ketones is 1. The van der Waals surface area contributed by atoms with Gasteiger partial charge in [-0.2, -0.15) is 5.26 Å². The Labute approximate surface area is 160 Å². The summed E-state index contributed by atoms with van der Waals surface area (Å²) < 4.78 is 11.1. The molecule has 5 nitrogen and oxygen atoms in total. The fraction of sp³-hybridized carbons (Fsp3) is 0.150. The predicted octanol–water partition coefficient (Wildman–Crippen LogP) is 4.18. The lowest BCUT2D eigenvalue weighted by Crippen LogP contribution is -2.25. The van der Waals surface area contributed by atoms with E-state index in [0.29, 0.717) is 16.9 Å². The number of Topliss-reactive ketones (excluding diaryl/α,β-unsaturated/α-hetero) is 1. The molecule has 2 aromatic carbocycles. The molecule has 0 spiro atoms. The maximum Gasteiger partial charge on any atom is 0.349 e. The second-order valence-electron chi connectivity index (χ2n) is 5.36. The third-order valence-electron chi connectivity index (χ3n) is 3.55. The maximum absolute atomic E-state index is 12.3. The van der Waals surface area contributed by atoms with Gasteiger partial charge in [-0.25, -0.2) is 4.79 Å². The first kappa shape index (κ1) is 19.4. The monoisotopic (exact) mass is 413 g/mol. The Morgan fingerprint density at radius 3 is 2.27 bits per heavy atom. The van der Waals surface area contributed by atoms with Gasteiger partial charge in [0.1, 0.15) is 17.4 Å². The quantitative estimate of drug-likeness (QED) is 0.307. The molecule has 0 fully saturated rings. The second-order valence-corrected chi connectivity index (χ2v) is 6.28. The van der Waals surface area contributed by atoms with Gasteiger partial charge >= 0.3 is 5.97 Å². The van der Waals surface area contributed by atoms with E-state index in [4.69, 9.17) is 9.47 Å². The lowest BCUT2D eigenvalue weighted by Gasteiger charge is -2.12. The molecule has 0 N–H and O–H groups in total. The molecule has 0 saturated heterocycles. The van der Waals surface area contributed by atoms with Gasteiger partial charge in [0.2, 0.25) is 5.78 Å². The topological polar surface area (TPSA) is 76.4 Å². The zero-order valence-electron chi connectivity index (χ0n) is 14.2. The van der Waals surface area contributed by atoms with Crippen molar-refractivity contribution in [1.29, 1.82) is 5.26 Å². The molecule has 2 aromatic rings. The van der Waals surface area contributed by atoms with Crippen LogP contribution in [0.3, 0.4) is 0 Å². The van der Waals surface area contributed by atoms with Crippen molar-refractivity contribution in [2.75, 3.05) is 7.11 Å². The Bertz CT molecular complexity index is 864. The minimum Gasteiger partial charge on any atom is -0.497 e. The number of nitriles is 1. The van der Waals surface area contributed by atoms with Crippen LogP contribution in [0.2, 0.25) is 0 Å². The smallest absolute Gasteiger partial charge is 0.349 e. The number of methoxy groups -OCH3 is 1. The highest BCUT2D eigenvalue weighted by molar-refractivity contribution is 9.10. The van der Waals surface area contributed by atoms with Crippen molar-refractivity contribution in [2.45, 2.75) is 13.0 Å². The third-order valence-corrected chi connectivity index (χ3v) is 4.08. The standard InChI is InChI=1S/C20H16BrNO4/c1-13(19(23)15-5-7-17(21)8-6-15)26-20(24)16(12-22)11-14-3-9-18(25-2)10-4-14/h3-11,13H,1-2H3/b16-11+/t13-/m1/s1. The van der Waals surface area contributed by atoms with Gasteiger partial charge in [0.15, 0.2) is 6.10 Å². The van der Waals surface area contributed by atoms with Crippen molar-refractivity contribution < 1.29 is 19.1 Å². The Balaban J connectivity index is 2.10. The number of rotatable bonds is 6. The number of carbonyl (C=O) groups is 2. The molecule has 0 bridgehead atoms. The van der Waals surface area contributed by atoms with Crippen LogP contribution in [0.5, 0.6) is 5.75 Å². The van der Waals surface area contributed by atoms with E-state index >= 15 is 0 Å². The molecule has 0 unspecified atom stereocenters. The maximum atomic E-state index is 12.3. The van der Waals surface area contributed by atoms with E-state index < -0.39 is 12.1 Å². The molecule has 0 amide bonds. The van der Waals surface area contributed by atoms with E-state index in [1.807, 2.05) is 6.07 Å². The zero-order chi connectivity index (χ0) is 19.1. The van der Waals surface area contributed by atoms with Crippen LogP contribution in [-0.4, -0.2) is 25.0 Å². The molecule has 0 aliphatic carbocycles. The van der Waals surface area contributed by atoms with Crippen LogP contribution in [0.25, 0.3) is 6.08 Å². The van der Waals surface area contributed by atoms with E-state index in [0.717, 1.165) is 4.47 Å². The molecular weight excluding hydrogens is 398 g/mol. The molecule has 0 radical (unpaired) electrons. The van der Waals surface area contributed by atoms with Crippen LogP contribution >= 0.6 is 15.9 Å². The summed E-state index contributed by atoms with van der Waals surface area (Å²) >= 11 is 3.29. The number of hydrogen-bond acceptors (Lipinski definition) is 5. The molecule has 0 aliphatic rings. The zero-order valence-corrected chi connectivity index (χ0v) is 15.8. The van der Waals surface area contributed by atoms with Crippen molar-refractivity contribution in [3.8, 4) is 11.8 Å². The predicted molar refractivity (Wildman–Crippen MR) is 101 cm³/mol. The van der Waals surface area contributed by atoms with Crippen LogP contribution in [-0.2, 0) is 9.53 Å². The van der Waals surface area contributed by atoms with Crippen molar-refractivity contribution >= 4 is 33.8 Å². The van der Waals surface area contributed by atoms with E-state index in [1.54, 1.807) is 55.6 Å². The number of nitrogens with zero attached hydrogens (tertiary/aromatic N) is 1. The Kier molecular flexibility index (Phi) is 6.70. The summed E-state index contributed by atoms with van der Waals surface area (Å²) in [6.07, 6.45) is 0.398. The van der Waals surface area contributed by atoms with Gasteiger partial charge in [0, 0.05) is 10.0 Å². The number of halogens is 1. The number of esters is 1. The fourth-order valence-electron chi connectivity index (χ4n) is 2.13. The molecule has 2 rings (SSSR count). The van der Waals surface area contributed by atoms with Crippen LogP contribution in [0.4, 0.5) is 0 Å². The summed E-state index contributed by atoms with van der Waals surface area (Å²) in [6.45, 7) is 1.48. The van der Waals surface area contributed by atoms with Crippen molar-refractivity contribution in [3.63, 3.8) is 0 Å². The molecule has 26 heavy (non-hydrogen) atoms. The third kappa shape index (κ3) is 5.04. The lowest BCUT2D eigenvalue weighted by atomic mass is 10.1. The summed E-state index contributed by atoms with van der Waals surface area (Å²) in [7, 11) is 1.55. The summed E-state index contributed by atoms with van der Waals surface area (Å²) in [4.78, 5) is 24.5. The Morgan fingerprint density at radius 1 is 1.12 bits per heavy atom. The number of ether oxygens (including phenoxy) is 2. The average Bonchev–Trinajstić information content (AvgIpc) is 2.66. The van der Waals surface area contributed by atoms with Gasteiger partial charge in [-0.05, 0) is 42.8 Å². The van der Waals surface area contributed by atoms with Crippen molar-refractivity contribution in [1.82, 2.24) is 0 Å². The molecule has 0 aromatic heterocycles. The minimum absolute atomic E-state index is 0.189. The average molecular weight is 414 g/mol. The highest BCUT2D eigenvalue weighted by Crippen LogP contribution is 2.16. The van der Waals surface area contributed by atoms with E-state index in [2.05, 4.69) is 15.9 Å². The van der Waals surface area contributed by atoms with E-state index in [-0.39, 0.29) is 11.4 Å². The van der Waals surface area contributed by atoms with Gasteiger partial charge in [-0.15, -0.1) is 0 Å². The first-order valence-corrected chi connectivity index (χ1v) is 8.50. The van der Waals surface area contributed by atoms with E-state index in [1.165, 1.54) is 13.0 Å². The first-order valence-electron chi connectivity index (χ1n) is 7.71. The van der Waals surface area contributed by atoms with Crippen molar-refractivity contribution in [3.05, 3.63) is 69.7 Å². The van der Waals surface area contributed by atoms with E-state index in [9.17, 15) is 14.9 Å². The molecular formula is C20H16BrNO4. The molecule has 0 aliphatic heterocycles. The SMILES string of the molecule is COc1ccc(/C=C(\C#N)C(=O)O[C@H](C)C(=O)c2ccc(Br)cc2)cc1. The Morgan fingerprint density at radius 2 is 1.73 bits per heavy atom. The highest BCUT2D eigenvalue weighted by atomic mass is 79.9. The van der Waals surface area contributed by atoms with Gasteiger partial charge in [0.25, 0.3) is 0 Å². The number of carbonyl (C=O) groups excluding carboxylic acids is 2.